The molecule has 0 aromatic heterocycles. The summed E-state index contributed by atoms with van der Waals surface area (Å²) in [4.78, 5) is 24.3. The van der Waals surface area contributed by atoms with Gasteiger partial charge in [0.1, 0.15) is 5.60 Å². The molecule has 0 rings (SSSR count). The Morgan fingerprint density at radius 1 is 1.30 bits per heavy atom. The molecule has 116 valence electrons. The number of carbonyl (C=O) groups is 2. The third-order valence-corrected chi connectivity index (χ3v) is 2.26. The molecule has 0 aromatic carbocycles. The average Bonchev–Trinajstić information content (AvgIpc) is 2.34. The van der Waals surface area contributed by atoms with Gasteiger partial charge in [0, 0.05) is 6.54 Å². The van der Waals surface area contributed by atoms with Gasteiger partial charge in [-0.05, 0) is 27.2 Å². The zero-order valence-electron chi connectivity index (χ0n) is 12.9. The first-order valence-electron chi connectivity index (χ1n) is 6.63. The van der Waals surface area contributed by atoms with Gasteiger partial charge in [0.25, 0.3) is 0 Å². The Kier molecular flexibility index (Phi) is 7.91. The van der Waals surface area contributed by atoms with Crippen LogP contribution in [-0.4, -0.2) is 47.6 Å². The van der Waals surface area contributed by atoms with Crippen molar-refractivity contribution in [3.63, 3.8) is 0 Å². The van der Waals surface area contributed by atoms with Crippen LogP contribution in [-0.2, 0) is 14.3 Å². The Bertz CT molecular complexity index is 346. The zero-order valence-corrected chi connectivity index (χ0v) is 12.9. The van der Waals surface area contributed by atoms with Crippen LogP contribution in [0.4, 0.5) is 4.79 Å². The lowest BCUT2D eigenvalue weighted by Gasteiger charge is -2.28. The van der Waals surface area contributed by atoms with E-state index < -0.39 is 23.9 Å². The van der Waals surface area contributed by atoms with Crippen molar-refractivity contribution < 1.29 is 24.2 Å². The van der Waals surface area contributed by atoms with Gasteiger partial charge in [-0.2, -0.15) is 0 Å². The molecule has 0 fully saturated rings. The van der Waals surface area contributed by atoms with E-state index >= 15 is 0 Å². The number of hydrogen-bond acceptors (Lipinski definition) is 5. The smallest absolute Gasteiger partial charge is 0.413 e. The highest BCUT2D eigenvalue weighted by Crippen LogP contribution is 2.12. The monoisotopic (exact) mass is 287 g/mol. The molecule has 0 spiro atoms. The molecule has 0 bridgehead atoms. The molecule has 0 aromatic rings. The van der Waals surface area contributed by atoms with Gasteiger partial charge >= 0.3 is 12.1 Å². The van der Waals surface area contributed by atoms with Crippen molar-refractivity contribution in [3.8, 4) is 0 Å². The first-order valence-corrected chi connectivity index (χ1v) is 6.63. The van der Waals surface area contributed by atoms with Gasteiger partial charge in [-0.25, -0.2) is 9.59 Å². The SMILES string of the molecule is CCC/C=C\CN(C(=O)OC(C)(C)C)C(O)C(=O)OC. The lowest BCUT2D eigenvalue weighted by Crippen LogP contribution is -2.47. The highest BCUT2D eigenvalue weighted by molar-refractivity contribution is 5.80. The number of methoxy groups -OCH3 is 1. The second kappa shape index (κ2) is 8.58. The molecule has 0 radical (unpaired) electrons. The van der Waals surface area contributed by atoms with Crippen LogP contribution in [0, 0.1) is 0 Å². The summed E-state index contributed by atoms with van der Waals surface area (Å²) in [5.41, 5.74) is -0.710. The van der Waals surface area contributed by atoms with Gasteiger partial charge in [0.2, 0.25) is 6.23 Å². The van der Waals surface area contributed by atoms with Crippen LogP contribution in [0.3, 0.4) is 0 Å². The normalized spacial score (nSPS) is 13.1. The van der Waals surface area contributed by atoms with Crippen LogP contribution in [0.2, 0.25) is 0 Å². The number of amides is 1. The van der Waals surface area contributed by atoms with E-state index in [9.17, 15) is 14.7 Å². The van der Waals surface area contributed by atoms with Crippen LogP contribution in [0.5, 0.6) is 0 Å². The maximum atomic E-state index is 12.0. The maximum Gasteiger partial charge on any atom is 0.413 e. The molecule has 20 heavy (non-hydrogen) atoms. The van der Waals surface area contributed by atoms with E-state index in [1.807, 2.05) is 13.0 Å². The van der Waals surface area contributed by atoms with Gasteiger partial charge in [-0.1, -0.05) is 25.5 Å². The first-order chi connectivity index (χ1) is 9.22. The molecule has 1 N–H and O–H groups in total. The number of nitrogens with zero attached hydrogens (tertiary/aromatic N) is 1. The van der Waals surface area contributed by atoms with Crippen molar-refractivity contribution in [2.24, 2.45) is 0 Å². The number of ether oxygens (including phenoxy) is 2. The minimum Gasteiger partial charge on any atom is -0.466 e. The molecule has 0 aliphatic heterocycles. The molecule has 0 heterocycles. The molecule has 6 nitrogen and oxygen atoms in total. The fourth-order valence-corrected chi connectivity index (χ4v) is 1.30. The fourth-order valence-electron chi connectivity index (χ4n) is 1.30. The summed E-state index contributed by atoms with van der Waals surface area (Å²) in [6.07, 6.45) is 2.97. The molecule has 1 atom stereocenters. The molecular weight excluding hydrogens is 262 g/mol. The molecule has 1 amide bonds. The second-order valence-electron chi connectivity index (χ2n) is 5.29. The standard InChI is InChI=1S/C14H25NO5/c1-6-7-8-9-10-15(11(16)12(17)19-5)13(18)20-14(2,3)4/h8-9,11,16H,6-7,10H2,1-5H3/b9-8-. The van der Waals surface area contributed by atoms with Crippen LogP contribution < -0.4 is 0 Å². The largest absolute Gasteiger partial charge is 0.466 e. The number of aliphatic hydroxyl groups excluding tert-OH is 1. The number of rotatable bonds is 6. The van der Waals surface area contributed by atoms with Gasteiger partial charge in [-0.3, -0.25) is 4.90 Å². The van der Waals surface area contributed by atoms with Crippen molar-refractivity contribution in [1.82, 2.24) is 4.90 Å². The third kappa shape index (κ3) is 7.13. The first kappa shape index (κ1) is 18.4. The fraction of sp³-hybridized carbons (Fsp3) is 0.714. The number of carbonyl (C=O) groups excluding carboxylic acids is 2. The molecule has 6 heteroatoms. The quantitative estimate of drug-likeness (QED) is 0.460. The summed E-state index contributed by atoms with van der Waals surface area (Å²) in [6, 6.07) is 0. The Morgan fingerprint density at radius 3 is 2.35 bits per heavy atom. The van der Waals surface area contributed by atoms with E-state index in [0.717, 1.165) is 24.9 Å². The molecule has 1 unspecified atom stereocenters. The van der Waals surface area contributed by atoms with Crippen LogP contribution in [0.25, 0.3) is 0 Å². The highest BCUT2D eigenvalue weighted by Gasteiger charge is 2.31. The molecule has 0 aliphatic carbocycles. The van der Waals surface area contributed by atoms with Crippen molar-refractivity contribution in [2.45, 2.75) is 52.4 Å². The Labute approximate surface area is 120 Å². The molecule has 0 saturated heterocycles. The lowest BCUT2D eigenvalue weighted by molar-refractivity contribution is -0.160. The van der Waals surface area contributed by atoms with Gasteiger partial charge < -0.3 is 14.6 Å². The Morgan fingerprint density at radius 2 is 1.90 bits per heavy atom. The zero-order chi connectivity index (χ0) is 15.8. The predicted molar refractivity (Wildman–Crippen MR) is 75.0 cm³/mol. The minimum absolute atomic E-state index is 0.0746. The number of unbranched alkanes of at least 4 members (excludes halogenated alkanes) is 1. The van der Waals surface area contributed by atoms with Gasteiger partial charge in [0.15, 0.2) is 0 Å². The summed E-state index contributed by atoms with van der Waals surface area (Å²) in [7, 11) is 1.14. The van der Waals surface area contributed by atoms with E-state index in [1.54, 1.807) is 26.8 Å². The van der Waals surface area contributed by atoms with Crippen LogP contribution >= 0.6 is 0 Å². The number of esters is 1. The summed E-state index contributed by atoms with van der Waals surface area (Å²) < 4.78 is 9.60. The van der Waals surface area contributed by atoms with Crippen molar-refractivity contribution in [3.05, 3.63) is 12.2 Å². The summed E-state index contributed by atoms with van der Waals surface area (Å²) in [5, 5.41) is 9.82. The maximum absolute atomic E-state index is 12.0. The summed E-state index contributed by atoms with van der Waals surface area (Å²) >= 11 is 0. The number of aliphatic hydroxyl groups is 1. The summed E-state index contributed by atoms with van der Waals surface area (Å²) in [5.74, 6) is -0.903. The second-order valence-corrected chi connectivity index (χ2v) is 5.29. The van der Waals surface area contributed by atoms with Gasteiger partial charge in [-0.15, -0.1) is 0 Å². The minimum atomic E-state index is -1.68. The topological polar surface area (TPSA) is 76.1 Å². The van der Waals surface area contributed by atoms with E-state index in [1.165, 1.54) is 0 Å². The summed E-state index contributed by atoms with van der Waals surface area (Å²) in [6.45, 7) is 7.23. The van der Waals surface area contributed by atoms with Gasteiger partial charge in [0.05, 0.1) is 7.11 Å². The van der Waals surface area contributed by atoms with Crippen LogP contribution in [0.1, 0.15) is 40.5 Å². The number of hydrogen-bond donors (Lipinski definition) is 1. The van der Waals surface area contributed by atoms with E-state index in [0.29, 0.717) is 0 Å². The average molecular weight is 287 g/mol. The Hall–Kier alpha value is -1.56. The third-order valence-electron chi connectivity index (χ3n) is 2.26. The van der Waals surface area contributed by atoms with Crippen molar-refractivity contribution in [2.75, 3.05) is 13.7 Å². The molecular formula is C14H25NO5. The van der Waals surface area contributed by atoms with E-state index in [4.69, 9.17) is 4.74 Å². The predicted octanol–water partition coefficient (Wildman–Crippen LogP) is 2.07. The van der Waals surface area contributed by atoms with Crippen molar-refractivity contribution >= 4 is 12.1 Å². The van der Waals surface area contributed by atoms with E-state index in [2.05, 4.69) is 4.74 Å². The highest BCUT2D eigenvalue weighted by atomic mass is 16.6. The lowest BCUT2D eigenvalue weighted by atomic mass is 10.2. The number of allylic oxidation sites excluding steroid dienone is 1. The Balaban J connectivity index is 4.86. The van der Waals surface area contributed by atoms with Crippen molar-refractivity contribution in [1.29, 1.82) is 0 Å². The molecule has 0 saturated carbocycles. The molecule has 0 aliphatic rings. The van der Waals surface area contributed by atoms with Crippen LogP contribution in [0.15, 0.2) is 12.2 Å². The van der Waals surface area contributed by atoms with E-state index in [-0.39, 0.29) is 6.54 Å².